The minimum atomic E-state index is 0.634. The molecule has 1 saturated heterocycles. The average molecular weight is 280 g/mol. The number of hydrogen-bond acceptors (Lipinski definition) is 5. The van der Waals surface area contributed by atoms with Crippen LogP contribution in [0.4, 0.5) is 5.13 Å². The van der Waals surface area contributed by atoms with Crippen LogP contribution in [0.25, 0.3) is 0 Å². The van der Waals surface area contributed by atoms with E-state index in [9.17, 15) is 0 Å². The number of nitrogens with two attached hydrogens (primary N) is 1. The molecule has 106 valence electrons. The normalized spacial score (nSPS) is 27.5. The molecule has 0 spiro atoms. The van der Waals surface area contributed by atoms with E-state index >= 15 is 0 Å². The number of thiazole rings is 1. The molecule has 1 aliphatic carbocycles. The smallest absolute Gasteiger partial charge is 0.185 e. The quantitative estimate of drug-likeness (QED) is 0.914. The highest BCUT2D eigenvalue weighted by atomic mass is 32.1. The van der Waals surface area contributed by atoms with Crippen LogP contribution in [0, 0.1) is 5.92 Å². The molecule has 19 heavy (non-hydrogen) atoms. The zero-order chi connectivity index (χ0) is 13.6. The third kappa shape index (κ3) is 2.51. The van der Waals surface area contributed by atoms with Gasteiger partial charge in [0.25, 0.3) is 0 Å². The number of anilines is 1. The van der Waals surface area contributed by atoms with Gasteiger partial charge in [0.1, 0.15) is 0 Å². The van der Waals surface area contributed by atoms with Gasteiger partial charge in [0.05, 0.1) is 5.69 Å². The summed E-state index contributed by atoms with van der Waals surface area (Å²) in [6, 6.07) is 0.634. The number of nitrogens with zero attached hydrogens (tertiary/aromatic N) is 3. The van der Waals surface area contributed by atoms with Crippen LogP contribution in [0.1, 0.15) is 36.3 Å². The molecule has 1 aromatic rings. The van der Waals surface area contributed by atoms with Gasteiger partial charge in [-0.05, 0) is 32.9 Å². The molecule has 0 aromatic carbocycles. The summed E-state index contributed by atoms with van der Waals surface area (Å²) in [5.74, 6) is 1.40. The van der Waals surface area contributed by atoms with Crippen molar-refractivity contribution in [2.24, 2.45) is 11.7 Å². The van der Waals surface area contributed by atoms with E-state index in [1.165, 1.54) is 28.5 Å². The molecule has 0 amide bonds. The van der Waals surface area contributed by atoms with Gasteiger partial charge in [-0.1, -0.05) is 6.92 Å². The molecular formula is C14H24N4S. The van der Waals surface area contributed by atoms with Gasteiger partial charge < -0.3 is 15.5 Å². The summed E-state index contributed by atoms with van der Waals surface area (Å²) >= 11 is 1.81. The molecule has 1 aromatic heterocycles. The third-order valence-electron chi connectivity index (χ3n) is 4.37. The minimum absolute atomic E-state index is 0.634. The topological polar surface area (TPSA) is 45.4 Å². The maximum Gasteiger partial charge on any atom is 0.185 e. The lowest BCUT2D eigenvalue weighted by Gasteiger charge is -2.22. The second-order valence-corrected chi connectivity index (χ2v) is 7.26. The molecular weight excluding hydrogens is 256 g/mol. The minimum Gasteiger partial charge on any atom is -0.346 e. The number of rotatable bonds is 4. The average Bonchev–Trinajstić information content (AvgIpc) is 3.00. The van der Waals surface area contributed by atoms with Crippen LogP contribution in [-0.4, -0.2) is 43.1 Å². The van der Waals surface area contributed by atoms with Crippen molar-refractivity contribution in [2.45, 2.75) is 38.3 Å². The summed E-state index contributed by atoms with van der Waals surface area (Å²) in [5, 5.41) is 1.19. The van der Waals surface area contributed by atoms with Crippen LogP contribution in [0.5, 0.6) is 0 Å². The first-order chi connectivity index (χ1) is 9.10. The van der Waals surface area contributed by atoms with Gasteiger partial charge in [0.15, 0.2) is 5.13 Å². The Morgan fingerprint density at radius 3 is 2.63 bits per heavy atom. The van der Waals surface area contributed by atoms with E-state index in [4.69, 9.17) is 10.7 Å². The molecule has 4 nitrogen and oxygen atoms in total. The van der Waals surface area contributed by atoms with Crippen molar-refractivity contribution in [1.82, 2.24) is 9.88 Å². The Hall–Kier alpha value is -0.650. The Morgan fingerprint density at radius 2 is 2.11 bits per heavy atom. The Morgan fingerprint density at radius 1 is 1.37 bits per heavy atom. The van der Waals surface area contributed by atoms with E-state index in [-0.39, 0.29) is 0 Å². The van der Waals surface area contributed by atoms with E-state index in [0.717, 1.165) is 13.1 Å². The second kappa shape index (κ2) is 5.04. The number of likely N-dealkylation sites (N-methyl/N-ethyl adjacent to an activating group) is 1. The van der Waals surface area contributed by atoms with Gasteiger partial charge in [0, 0.05) is 36.5 Å². The van der Waals surface area contributed by atoms with E-state index in [1.807, 2.05) is 11.3 Å². The molecule has 1 aliphatic heterocycles. The largest absolute Gasteiger partial charge is 0.346 e. The highest BCUT2D eigenvalue weighted by molar-refractivity contribution is 7.15. The zero-order valence-electron chi connectivity index (χ0n) is 12.1. The summed E-state index contributed by atoms with van der Waals surface area (Å²) in [5.41, 5.74) is 7.17. The second-order valence-electron chi connectivity index (χ2n) is 6.20. The van der Waals surface area contributed by atoms with Crippen LogP contribution in [0.2, 0.25) is 0 Å². The lowest BCUT2D eigenvalue weighted by molar-refractivity contribution is 0.266. The van der Waals surface area contributed by atoms with Crippen molar-refractivity contribution in [3.05, 3.63) is 10.6 Å². The molecule has 2 aliphatic rings. The van der Waals surface area contributed by atoms with Gasteiger partial charge in [-0.3, -0.25) is 0 Å². The molecule has 2 N–H and O–H groups in total. The maximum atomic E-state index is 5.87. The number of hydrogen-bond donors (Lipinski definition) is 1. The molecule has 5 heteroatoms. The van der Waals surface area contributed by atoms with E-state index in [1.54, 1.807) is 0 Å². The Kier molecular flexibility index (Phi) is 3.53. The molecule has 2 atom stereocenters. The highest BCUT2D eigenvalue weighted by Gasteiger charge is 2.35. The van der Waals surface area contributed by atoms with Gasteiger partial charge >= 0.3 is 0 Å². The third-order valence-corrected chi connectivity index (χ3v) is 5.53. The van der Waals surface area contributed by atoms with Crippen LogP contribution < -0.4 is 10.6 Å². The first-order valence-corrected chi connectivity index (χ1v) is 8.02. The Bertz CT molecular complexity index is 452. The monoisotopic (exact) mass is 280 g/mol. The van der Waals surface area contributed by atoms with Crippen molar-refractivity contribution in [3.8, 4) is 0 Å². The fraction of sp³-hybridized carbons (Fsp3) is 0.786. The SMILES string of the molecule is CC1CN(c2nc(C3CC3)c(CN)s2)CC1N(C)C. The Labute approximate surface area is 119 Å². The predicted octanol–water partition coefficient (Wildman–Crippen LogP) is 1.87. The highest BCUT2D eigenvalue weighted by Crippen LogP contribution is 2.44. The summed E-state index contributed by atoms with van der Waals surface area (Å²) in [6.07, 6.45) is 2.60. The lowest BCUT2D eigenvalue weighted by Crippen LogP contribution is -2.34. The van der Waals surface area contributed by atoms with Gasteiger partial charge in [-0.2, -0.15) is 0 Å². The van der Waals surface area contributed by atoms with Gasteiger partial charge in [0.2, 0.25) is 0 Å². The van der Waals surface area contributed by atoms with Gasteiger partial charge in [-0.25, -0.2) is 4.98 Å². The van der Waals surface area contributed by atoms with Crippen LogP contribution in [0.15, 0.2) is 0 Å². The lowest BCUT2D eigenvalue weighted by atomic mass is 10.1. The van der Waals surface area contributed by atoms with Crippen LogP contribution in [-0.2, 0) is 6.54 Å². The van der Waals surface area contributed by atoms with Crippen molar-refractivity contribution in [2.75, 3.05) is 32.1 Å². The van der Waals surface area contributed by atoms with Crippen LogP contribution in [0.3, 0.4) is 0 Å². The zero-order valence-corrected chi connectivity index (χ0v) is 12.9. The summed E-state index contributed by atoms with van der Waals surface area (Å²) < 4.78 is 0. The fourth-order valence-corrected chi connectivity index (χ4v) is 4.13. The molecule has 0 bridgehead atoms. The van der Waals surface area contributed by atoms with E-state index in [0.29, 0.717) is 24.4 Å². The predicted molar refractivity (Wildman–Crippen MR) is 80.8 cm³/mol. The fourth-order valence-electron chi connectivity index (χ4n) is 3.09. The molecule has 2 heterocycles. The van der Waals surface area contributed by atoms with E-state index in [2.05, 4.69) is 30.8 Å². The standard InChI is InChI=1S/C14H24N4S/c1-9-7-18(8-11(9)17(2)3)14-16-13(10-4-5-10)12(6-15)19-14/h9-11H,4-8,15H2,1-3H3. The number of aromatic nitrogens is 1. The van der Waals surface area contributed by atoms with Crippen molar-refractivity contribution in [1.29, 1.82) is 0 Å². The van der Waals surface area contributed by atoms with E-state index < -0.39 is 0 Å². The molecule has 3 rings (SSSR count). The molecule has 2 unspecified atom stereocenters. The van der Waals surface area contributed by atoms with Crippen LogP contribution >= 0.6 is 11.3 Å². The summed E-state index contributed by atoms with van der Waals surface area (Å²) in [6.45, 7) is 5.19. The first kappa shape index (κ1) is 13.3. The molecule has 1 saturated carbocycles. The first-order valence-electron chi connectivity index (χ1n) is 7.21. The van der Waals surface area contributed by atoms with Crippen molar-refractivity contribution >= 4 is 16.5 Å². The van der Waals surface area contributed by atoms with Crippen molar-refractivity contribution < 1.29 is 0 Å². The van der Waals surface area contributed by atoms with Gasteiger partial charge in [-0.15, -0.1) is 11.3 Å². The maximum absolute atomic E-state index is 5.87. The molecule has 2 fully saturated rings. The summed E-state index contributed by atoms with van der Waals surface area (Å²) in [4.78, 5) is 11.0. The molecule has 0 radical (unpaired) electrons. The summed E-state index contributed by atoms with van der Waals surface area (Å²) in [7, 11) is 4.35. The Balaban J connectivity index is 1.79. The van der Waals surface area contributed by atoms with Crippen molar-refractivity contribution in [3.63, 3.8) is 0 Å².